The van der Waals surface area contributed by atoms with Crippen LogP contribution in [-0.4, -0.2) is 19.7 Å². The molecule has 4 aromatic rings. The topological polar surface area (TPSA) is 56.7 Å². The first-order valence-corrected chi connectivity index (χ1v) is 10.9. The summed E-state index contributed by atoms with van der Waals surface area (Å²) in [5.41, 5.74) is 4.39. The summed E-state index contributed by atoms with van der Waals surface area (Å²) in [6.45, 7) is 2.87. The molecule has 0 aliphatic heterocycles. The fourth-order valence-electron chi connectivity index (χ4n) is 3.31. The molecule has 0 atom stereocenters. The van der Waals surface area contributed by atoms with Gasteiger partial charge in [0.05, 0.1) is 12.2 Å². The largest absolute Gasteiger partial charge is 0.444 e. The van der Waals surface area contributed by atoms with Crippen molar-refractivity contribution in [2.75, 3.05) is 0 Å². The van der Waals surface area contributed by atoms with Crippen molar-refractivity contribution < 1.29 is 4.42 Å². The summed E-state index contributed by atoms with van der Waals surface area (Å²) in [7, 11) is 0. The number of benzene rings is 2. The van der Waals surface area contributed by atoms with Gasteiger partial charge in [-0.05, 0) is 37.5 Å². The van der Waals surface area contributed by atoms with Crippen LogP contribution in [-0.2, 0) is 12.3 Å². The molecule has 0 radical (unpaired) electrons. The van der Waals surface area contributed by atoms with Crippen molar-refractivity contribution in [2.24, 2.45) is 0 Å². The fraction of sp³-hybridized carbons (Fsp3) is 0.261. The van der Waals surface area contributed by atoms with Gasteiger partial charge in [0.1, 0.15) is 12.1 Å². The Morgan fingerprint density at radius 1 is 1.03 bits per heavy atom. The van der Waals surface area contributed by atoms with E-state index >= 15 is 0 Å². The van der Waals surface area contributed by atoms with Crippen LogP contribution in [0.3, 0.4) is 0 Å². The van der Waals surface area contributed by atoms with Crippen molar-refractivity contribution in [1.29, 1.82) is 0 Å². The van der Waals surface area contributed by atoms with Crippen LogP contribution in [0.2, 0.25) is 0 Å². The number of aryl methyl sites for hydroxylation is 1. The van der Waals surface area contributed by atoms with Crippen molar-refractivity contribution in [3.05, 3.63) is 83.5 Å². The average molecular weight is 403 g/mol. The quantitative estimate of drug-likeness (QED) is 0.384. The number of oxazole rings is 1. The van der Waals surface area contributed by atoms with Crippen LogP contribution in [0.1, 0.15) is 41.4 Å². The Morgan fingerprint density at radius 2 is 1.83 bits per heavy atom. The first kappa shape index (κ1) is 18.2. The third kappa shape index (κ3) is 4.12. The number of aromatic nitrogens is 4. The summed E-state index contributed by atoms with van der Waals surface area (Å²) in [6, 6.07) is 18.7. The van der Waals surface area contributed by atoms with Gasteiger partial charge in [-0.25, -0.2) is 4.98 Å². The summed E-state index contributed by atoms with van der Waals surface area (Å²) in [4.78, 5) is 4.65. The summed E-state index contributed by atoms with van der Waals surface area (Å²) >= 11 is 1.66. The van der Waals surface area contributed by atoms with E-state index in [0.717, 1.165) is 28.8 Å². The number of rotatable bonds is 7. The summed E-state index contributed by atoms with van der Waals surface area (Å²) < 4.78 is 7.95. The van der Waals surface area contributed by atoms with Crippen molar-refractivity contribution in [1.82, 2.24) is 19.7 Å². The zero-order valence-corrected chi connectivity index (χ0v) is 17.1. The highest BCUT2D eigenvalue weighted by atomic mass is 32.2. The number of thioether (sulfide) groups is 1. The summed E-state index contributed by atoms with van der Waals surface area (Å²) in [5, 5.41) is 9.92. The van der Waals surface area contributed by atoms with Gasteiger partial charge in [-0.1, -0.05) is 59.8 Å². The Kier molecular flexibility index (Phi) is 4.94. The molecule has 2 heterocycles. The minimum absolute atomic E-state index is 0.556. The van der Waals surface area contributed by atoms with Gasteiger partial charge in [0, 0.05) is 17.2 Å². The smallest absolute Gasteiger partial charge is 0.226 e. The molecular weight excluding hydrogens is 380 g/mol. The SMILES string of the molecule is Cc1ccc(-c2nc(CSc3nnc(C4CC4)n3Cc3ccccc3)co2)cc1. The Labute approximate surface area is 174 Å². The maximum Gasteiger partial charge on any atom is 0.226 e. The summed E-state index contributed by atoms with van der Waals surface area (Å²) in [6.07, 6.45) is 4.16. The molecule has 1 aliphatic carbocycles. The molecule has 29 heavy (non-hydrogen) atoms. The lowest BCUT2D eigenvalue weighted by Crippen LogP contribution is -2.06. The van der Waals surface area contributed by atoms with Crippen LogP contribution in [0, 0.1) is 6.92 Å². The molecule has 1 aliphatic rings. The highest BCUT2D eigenvalue weighted by Crippen LogP contribution is 2.40. The van der Waals surface area contributed by atoms with Gasteiger partial charge in [0.25, 0.3) is 0 Å². The second-order valence-electron chi connectivity index (χ2n) is 7.49. The molecule has 2 aromatic carbocycles. The molecule has 0 bridgehead atoms. The standard InChI is InChI=1S/C23H22N4OS/c1-16-7-9-19(10-8-16)22-24-20(14-28-22)15-29-23-26-25-21(18-11-12-18)27(23)13-17-5-3-2-4-6-17/h2-10,14,18H,11-13,15H2,1H3. The maximum atomic E-state index is 5.69. The van der Waals surface area contributed by atoms with Gasteiger partial charge in [-0.3, -0.25) is 0 Å². The van der Waals surface area contributed by atoms with Crippen LogP contribution in [0.15, 0.2) is 70.4 Å². The van der Waals surface area contributed by atoms with E-state index in [1.54, 1.807) is 18.0 Å². The molecule has 1 saturated carbocycles. The Hall–Kier alpha value is -2.86. The zero-order valence-electron chi connectivity index (χ0n) is 16.3. The van der Waals surface area contributed by atoms with Crippen LogP contribution in [0.4, 0.5) is 0 Å². The van der Waals surface area contributed by atoms with E-state index in [4.69, 9.17) is 4.42 Å². The molecule has 0 saturated heterocycles. The van der Waals surface area contributed by atoms with Crippen LogP contribution < -0.4 is 0 Å². The summed E-state index contributed by atoms with van der Waals surface area (Å²) in [5.74, 6) is 3.02. The molecule has 0 amide bonds. The van der Waals surface area contributed by atoms with Gasteiger partial charge >= 0.3 is 0 Å². The Balaban J connectivity index is 1.33. The lowest BCUT2D eigenvalue weighted by molar-refractivity contribution is 0.573. The first-order valence-electron chi connectivity index (χ1n) is 9.87. The van der Waals surface area contributed by atoms with Crippen molar-refractivity contribution >= 4 is 11.8 Å². The van der Waals surface area contributed by atoms with Gasteiger partial charge in [0.2, 0.25) is 5.89 Å². The van der Waals surface area contributed by atoms with Crippen molar-refractivity contribution in [3.63, 3.8) is 0 Å². The molecule has 2 aromatic heterocycles. The molecule has 1 fully saturated rings. The number of hydrogen-bond acceptors (Lipinski definition) is 5. The molecule has 0 unspecified atom stereocenters. The monoisotopic (exact) mass is 402 g/mol. The molecule has 146 valence electrons. The molecule has 0 N–H and O–H groups in total. The van der Waals surface area contributed by atoms with Crippen LogP contribution in [0.5, 0.6) is 0 Å². The normalized spacial score (nSPS) is 13.7. The Bertz CT molecular complexity index is 1100. The van der Waals surface area contributed by atoms with E-state index in [0.29, 0.717) is 17.6 Å². The van der Waals surface area contributed by atoms with Crippen LogP contribution in [0.25, 0.3) is 11.5 Å². The van der Waals surface area contributed by atoms with E-state index in [1.165, 1.54) is 24.0 Å². The minimum atomic E-state index is 0.556. The predicted octanol–water partition coefficient (Wildman–Crippen LogP) is 5.46. The highest BCUT2D eigenvalue weighted by molar-refractivity contribution is 7.98. The molecule has 6 heteroatoms. The number of nitrogens with zero attached hydrogens (tertiary/aromatic N) is 4. The van der Waals surface area contributed by atoms with Gasteiger partial charge in [-0.15, -0.1) is 10.2 Å². The molecular formula is C23H22N4OS. The van der Waals surface area contributed by atoms with E-state index in [1.807, 2.05) is 18.2 Å². The fourth-order valence-corrected chi connectivity index (χ4v) is 4.13. The van der Waals surface area contributed by atoms with Gasteiger partial charge in [0.15, 0.2) is 5.16 Å². The maximum absolute atomic E-state index is 5.69. The first-order chi connectivity index (χ1) is 14.3. The van der Waals surface area contributed by atoms with E-state index in [-0.39, 0.29) is 0 Å². The lowest BCUT2D eigenvalue weighted by Gasteiger charge is -2.09. The van der Waals surface area contributed by atoms with Crippen molar-refractivity contribution in [3.8, 4) is 11.5 Å². The Morgan fingerprint density at radius 3 is 2.59 bits per heavy atom. The highest BCUT2D eigenvalue weighted by Gasteiger charge is 2.30. The third-order valence-electron chi connectivity index (χ3n) is 5.07. The second kappa shape index (κ2) is 7.87. The van der Waals surface area contributed by atoms with E-state index in [2.05, 4.69) is 63.1 Å². The number of hydrogen-bond donors (Lipinski definition) is 0. The third-order valence-corrected chi connectivity index (χ3v) is 6.07. The van der Waals surface area contributed by atoms with E-state index in [9.17, 15) is 0 Å². The van der Waals surface area contributed by atoms with E-state index < -0.39 is 0 Å². The van der Waals surface area contributed by atoms with Crippen LogP contribution >= 0.6 is 11.8 Å². The zero-order chi connectivity index (χ0) is 19.6. The van der Waals surface area contributed by atoms with Gasteiger partial charge < -0.3 is 8.98 Å². The average Bonchev–Trinajstić information content (AvgIpc) is 3.35. The predicted molar refractivity (Wildman–Crippen MR) is 114 cm³/mol. The minimum Gasteiger partial charge on any atom is -0.444 e. The second-order valence-corrected chi connectivity index (χ2v) is 8.43. The van der Waals surface area contributed by atoms with Gasteiger partial charge in [-0.2, -0.15) is 0 Å². The van der Waals surface area contributed by atoms with Crippen molar-refractivity contribution in [2.45, 2.75) is 43.1 Å². The lowest BCUT2D eigenvalue weighted by atomic mass is 10.1. The molecule has 5 rings (SSSR count). The molecule has 0 spiro atoms. The molecule has 5 nitrogen and oxygen atoms in total.